The minimum atomic E-state index is -0.341. The van der Waals surface area contributed by atoms with Gasteiger partial charge in [-0.25, -0.2) is 0 Å². The number of benzene rings is 2. The summed E-state index contributed by atoms with van der Waals surface area (Å²) in [7, 11) is 2.16. The van der Waals surface area contributed by atoms with Crippen molar-refractivity contribution >= 4 is 17.3 Å². The predicted molar refractivity (Wildman–Crippen MR) is 129 cm³/mol. The van der Waals surface area contributed by atoms with Crippen molar-refractivity contribution in [3.63, 3.8) is 0 Å². The number of hydrogen-bond donors (Lipinski definition) is 1. The van der Waals surface area contributed by atoms with Crippen LogP contribution in [-0.4, -0.2) is 66.9 Å². The normalized spacial score (nSPS) is 18.3. The van der Waals surface area contributed by atoms with E-state index >= 15 is 0 Å². The van der Waals surface area contributed by atoms with Crippen LogP contribution in [0.1, 0.15) is 24.0 Å². The number of nitro benzene ring substituents is 1. The molecule has 1 amide bonds. The molecule has 2 aromatic carbocycles. The number of nitro groups is 1. The van der Waals surface area contributed by atoms with Crippen molar-refractivity contribution in [1.29, 1.82) is 0 Å². The highest BCUT2D eigenvalue weighted by Gasteiger charge is 2.28. The molecule has 33 heavy (non-hydrogen) atoms. The standard InChI is InChI=1S/C25H33N5O3/c1-27-13-15-28(16-14-27)19-21-6-4-5-20(17-21)18-26-25(31)22-9-11-29(12-10-22)23-7-2-3-8-24(23)30(32)33/h2-8,17,22H,9-16,18-19H2,1H3,(H,26,31). The lowest BCUT2D eigenvalue weighted by Crippen LogP contribution is -2.43. The number of piperidine rings is 1. The first-order chi connectivity index (χ1) is 16.0. The number of nitrogens with one attached hydrogen (secondary N) is 1. The van der Waals surface area contributed by atoms with Crippen LogP contribution in [0.15, 0.2) is 48.5 Å². The Morgan fingerprint density at radius 2 is 1.70 bits per heavy atom. The summed E-state index contributed by atoms with van der Waals surface area (Å²) in [6, 6.07) is 15.3. The monoisotopic (exact) mass is 451 g/mol. The van der Waals surface area contributed by atoms with Crippen molar-refractivity contribution in [3.8, 4) is 0 Å². The first kappa shape index (κ1) is 23.2. The molecule has 2 aliphatic rings. The number of para-hydroxylation sites is 2. The number of piperazine rings is 1. The van der Waals surface area contributed by atoms with Gasteiger partial charge >= 0.3 is 0 Å². The van der Waals surface area contributed by atoms with Gasteiger partial charge in [0.1, 0.15) is 5.69 Å². The fourth-order valence-corrected chi connectivity index (χ4v) is 4.70. The first-order valence-electron chi connectivity index (χ1n) is 11.7. The Labute approximate surface area is 195 Å². The van der Waals surface area contributed by atoms with E-state index in [9.17, 15) is 14.9 Å². The first-order valence-corrected chi connectivity index (χ1v) is 11.7. The predicted octanol–water partition coefficient (Wildman–Crippen LogP) is 2.88. The van der Waals surface area contributed by atoms with Crippen LogP contribution in [0, 0.1) is 16.0 Å². The number of rotatable bonds is 7. The minimum absolute atomic E-state index is 0.0578. The second kappa shape index (κ2) is 10.8. The van der Waals surface area contributed by atoms with Gasteiger partial charge in [0, 0.05) is 64.3 Å². The van der Waals surface area contributed by atoms with Crippen LogP contribution in [-0.2, 0) is 17.9 Å². The van der Waals surface area contributed by atoms with Gasteiger partial charge in [-0.3, -0.25) is 19.8 Å². The van der Waals surface area contributed by atoms with Crippen molar-refractivity contribution in [2.75, 3.05) is 51.2 Å². The molecule has 4 rings (SSSR count). The second-order valence-electron chi connectivity index (χ2n) is 9.12. The van der Waals surface area contributed by atoms with E-state index in [4.69, 9.17) is 0 Å². The zero-order valence-electron chi connectivity index (χ0n) is 19.3. The van der Waals surface area contributed by atoms with E-state index < -0.39 is 0 Å². The highest BCUT2D eigenvalue weighted by molar-refractivity contribution is 5.79. The molecule has 0 spiro atoms. The van der Waals surface area contributed by atoms with Crippen LogP contribution >= 0.6 is 0 Å². The largest absolute Gasteiger partial charge is 0.366 e. The molecule has 2 aliphatic heterocycles. The Morgan fingerprint density at radius 3 is 2.42 bits per heavy atom. The number of carbonyl (C=O) groups excluding carboxylic acids is 1. The third kappa shape index (κ3) is 6.09. The summed E-state index contributed by atoms with van der Waals surface area (Å²) in [6.45, 7) is 7.13. The van der Waals surface area contributed by atoms with Gasteiger partial charge in [0.25, 0.3) is 5.69 Å². The Kier molecular flexibility index (Phi) is 7.57. The van der Waals surface area contributed by atoms with Crippen molar-refractivity contribution in [2.24, 2.45) is 5.92 Å². The average Bonchev–Trinajstić information content (AvgIpc) is 2.84. The minimum Gasteiger partial charge on any atom is -0.366 e. The van der Waals surface area contributed by atoms with Crippen molar-refractivity contribution in [1.82, 2.24) is 15.1 Å². The summed E-state index contributed by atoms with van der Waals surface area (Å²) in [6.07, 6.45) is 1.39. The lowest BCUT2D eigenvalue weighted by Gasteiger charge is -2.32. The fourth-order valence-electron chi connectivity index (χ4n) is 4.70. The number of hydrogen-bond acceptors (Lipinski definition) is 6. The van der Waals surface area contributed by atoms with Crippen LogP contribution in [0.25, 0.3) is 0 Å². The molecule has 0 saturated carbocycles. The Hall–Kier alpha value is -2.97. The summed E-state index contributed by atoms with van der Waals surface area (Å²) in [5.74, 6) is 0.0132. The lowest BCUT2D eigenvalue weighted by atomic mass is 9.95. The summed E-state index contributed by atoms with van der Waals surface area (Å²) < 4.78 is 0. The molecule has 0 atom stereocenters. The van der Waals surface area contributed by atoms with E-state index in [0.717, 1.165) is 38.3 Å². The molecule has 0 bridgehead atoms. The number of amides is 1. The van der Waals surface area contributed by atoms with Crippen molar-refractivity contribution in [2.45, 2.75) is 25.9 Å². The maximum Gasteiger partial charge on any atom is 0.292 e. The van der Waals surface area contributed by atoms with Gasteiger partial charge in [-0.05, 0) is 37.1 Å². The van der Waals surface area contributed by atoms with Gasteiger partial charge in [0.05, 0.1) is 4.92 Å². The fraction of sp³-hybridized carbons (Fsp3) is 0.480. The summed E-state index contributed by atoms with van der Waals surface area (Å²) in [4.78, 5) is 30.6. The van der Waals surface area contributed by atoms with E-state index in [0.29, 0.717) is 38.2 Å². The zero-order chi connectivity index (χ0) is 23.2. The van der Waals surface area contributed by atoms with E-state index in [2.05, 4.69) is 46.4 Å². The average molecular weight is 452 g/mol. The van der Waals surface area contributed by atoms with E-state index in [-0.39, 0.29) is 22.4 Å². The highest BCUT2D eigenvalue weighted by Crippen LogP contribution is 2.31. The maximum atomic E-state index is 12.8. The maximum absolute atomic E-state index is 12.8. The van der Waals surface area contributed by atoms with Crippen molar-refractivity contribution < 1.29 is 9.72 Å². The lowest BCUT2D eigenvalue weighted by molar-refractivity contribution is -0.384. The van der Waals surface area contributed by atoms with E-state index in [1.807, 2.05) is 11.0 Å². The summed E-state index contributed by atoms with van der Waals surface area (Å²) in [5, 5.41) is 14.4. The van der Waals surface area contributed by atoms with Gasteiger partial charge in [-0.15, -0.1) is 0 Å². The summed E-state index contributed by atoms with van der Waals surface area (Å²) in [5.41, 5.74) is 3.16. The molecule has 0 aliphatic carbocycles. The van der Waals surface area contributed by atoms with Gasteiger partial charge in [-0.2, -0.15) is 0 Å². The molecule has 0 radical (unpaired) electrons. The molecule has 2 aromatic rings. The second-order valence-corrected chi connectivity index (χ2v) is 9.12. The molecular weight excluding hydrogens is 418 g/mol. The van der Waals surface area contributed by atoms with Crippen LogP contribution in [0.4, 0.5) is 11.4 Å². The molecule has 8 nitrogen and oxygen atoms in total. The van der Waals surface area contributed by atoms with E-state index in [1.54, 1.807) is 12.1 Å². The Bertz CT molecular complexity index is 966. The van der Waals surface area contributed by atoms with E-state index in [1.165, 1.54) is 11.6 Å². The topological polar surface area (TPSA) is 82.0 Å². The number of nitrogens with zero attached hydrogens (tertiary/aromatic N) is 4. The van der Waals surface area contributed by atoms with Gasteiger partial charge in [0.2, 0.25) is 5.91 Å². The van der Waals surface area contributed by atoms with Crippen molar-refractivity contribution in [3.05, 3.63) is 69.8 Å². The molecule has 2 heterocycles. The van der Waals surface area contributed by atoms with Crippen LogP contribution in [0.2, 0.25) is 0 Å². The third-order valence-corrected chi connectivity index (χ3v) is 6.75. The number of anilines is 1. The Morgan fingerprint density at radius 1 is 1.00 bits per heavy atom. The van der Waals surface area contributed by atoms with Gasteiger partial charge in [0.15, 0.2) is 0 Å². The smallest absolute Gasteiger partial charge is 0.292 e. The molecule has 176 valence electrons. The Balaban J connectivity index is 1.26. The van der Waals surface area contributed by atoms with Crippen LogP contribution < -0.4 is 10.2 Å². The SMILES string of the molecule is CN1CCN(Cc2cccc(CNC(=O)C3CCN(c4ccccc4[N+](=O)[O-])CC3)c2)CC1. The molecule has 2 fully saturated rings. The number of carbonyl (C=O) groups is 1. The quantitative estimate of drug-likeness (QED) is 0.515. The summed E-state index contributed by atoms with van der Waals surface area (Å²) >= 11 is 0. The third-order valence-electron chi connectivity index (χ3n) is 6.75. The molecular formula is C25H33N5O3. The van der Waals surface area contributed by atoms with Crippen LogP contribution in [0.3, 0.4) is 0 Å². The van der Waals surface area contributed by atoms with Gasteiger partial charge < -0.3 is 15.1 Å². The molecule has 0 unspecified atom stereocenters. The van der Waals surface area contributed by atoms with Gasteiger partial charge in [-0.1, -0.05) is 36.4 Å². The molecule has 8 heteroatoms. The zero-order valence-corrected chi connectivity index (χ0v) is 19.3. The van der Waals surface area contributed by atoms with Crippen LogP contribution in [0.5, 0.6) is 0 Å². The molecule has 0 aromatic heterocycles. The highest BCUT2D eigenvalue weighted by atomic mass is 16.6. The molecule has 2 saturated heterocycles. The number of likely N-dealkylation sites (N-methyl/N-ethyl adjacent to an activating group) is 1. The molecule has 1 N–H and O–H groups in total.